The fraction of sp³-hybridized carbons (Fsp3) is 0.375. The van der Waals surface area contributed by atoms with Crippen LogP contribution in [-0.2, 0) is 9.59 Å². The van der Waals surface area contributed by atoms with E-state index in [2.05, 4.69) is 0 Å². The van der Waals surface area contributed by atoms with E-state index >= 15 is 0 Å². The maximum atomic E-state index is 12.5. The van der Waals surface area contributed by atoms with Gasteiger partial charge in [-0.3, -0.25) is 4.79 Å². The number of halogens is 1. The quantitative estimate of drug-likeness (QED) is 0.855. The summed E-state index contributed by atoms with van der Waals surface area (Å²) >= 11 is 5.95. The van der Waals surface area contributed by atoms with Gasteiger partial charge in [0.1, 0.15) is 12.4 Å². The molecule has 0 saturated carbocycles. The molecule has 23 heavy (non-hydrogen) atoms. The lowest BCUT2D eigenvalue weighted by molar-refractivity contribution is -0.165. The van der Waals surface area contributed by atoms with Gasteiger partial charge in [-0.25, -0.2) is 4.79 Å². The highest BCUT2D eigenvalue weighted by Gasteiger charge is 2.40. The predicted molar refractivity (Wildman–Crippen MR) is 83.3 cm³/mol. The zero-order valence-corrected chi connectivity index (χ0v) is 13.0. The fourth-order valence-corrected chi connectivity index (χ4v) is 2.95. The van der Waals surface area contributed by atoms with Gasteiger partial charge in [-0.2, -0.15) is 0 Å². The van der Waals surface area contributed by atoms with Crippen LogP contribution in [0.4, 0.5) is 0 Å². The second-order valence-electron chi connectivity index (χ2n) is 5.77. The van der Waals surface area contributed by atoms with Crippen molar-refractivity contribution >= 4 is 29.6 Å². The third-order valence-corrected chi connectivity index (χ3v) is 4.47. The van der Waals surface area contributed by atoms with Crippen LogP contribution in [0.25, 0.3) is 6.08 Å². The summed E-state index contributed by atoms with van der Waals surface area (Å²) in [5, 5.41) is 19.5. The van der Waals surface area contributed by atoms with E-state index in [4.69, 9.17) is 21.4 Å². The Bertz CT molecular complexity index is 692. The van der Waals surface area contributed by atoms with Crippen molar-refractivity contribution in [3.63, 3.8) is 0 Å². The van der Waals surface area contributed by atoms with E-state index in [9.17, 15) is 14.7 Å². The normalized spacial score (nSPS) is 19.4. The number of aliphatic carboxylic acids is 1. The Kier molecular flexibility index (Phi) is 4.04. The van der Waals surface area contributed by atoms with Gasteiger partial charge in [0.15, 0.2) is 5.60 Å². The Hall–Kier alpha value is -2.05. The highest BCUT2D eigenvalue weighted by atomic mass is 35.5. The number of rotatable bonds is 2. The molecule has 2 heterocycles. The number of aliphatic hydroxyl groups is 1. The van der Waals surface area contributed by atoms with Crippen LogP contribution in [0.15, 0.2) is 23.8 Å². The molecule has 1 fully saturated rings. The molecule has 0 atom stereocenters. The van der Waals surface area contributed by atoms with Gasteiger partial charge in [-0.1, -0.05) is 11.6 Å². The van der Waals surface area contributed by atoms with Gasteiger partial charge in [0.2, 0.25) is 0 Å². The van der Waals surface area contributed by atoms with Crippen LogP contribution in [0.5, 0.6) is 5.75 Å². The van der Waals surface area contributed by atoms with E-state index < -0.39 is 11.6 Å². The number of nitrogens with zero attached hydrogens (tertiary/aromatic N) is 1. The smallest absolute Gasteiger partial charge is 0.335 e. The number of hydrogen-bond donors (Lipinski definition) is 2. The summed E-state index contributed by atoms with van der Waals surface area (Å²) in [7, 11) is 0. The third-order valence-electron chi connectivity index (χ3n) is 4.24. The maximum absolute atomic E-state index is 12.5. The Labute approximate surface area is 137 Å². The van der Waals surface area contributed by atoms with Crippen LogP contribution in [0.2, 0.25) is 5.02 Å². The first-order chi connectivity index (χ1) is 10.9. The second-order valence-corrected chi connectivity index (χ2v) is 6.21. The number of ether oxygens (including phenoxy) is 1. The molecule has 2 N–H and O–H groups in total. The number of carbonyl (C=O) groups excluding carboxylic acids is 1. The summed E-state index contributed by atoms with van der Waals surface area (Å²) in [6, 6.07) is 5.20. The van der Waals surface area contributed by atoms with Crippen molar-refractivity contribution in [2.24, 2.45) is 0 Å². The maximum Gasteiger partial charge on any atom is 0.335 e. The SMILES string of the molecule is O=C(C1=Cc2cc(Cl)ccc2OC1)N1CCC(O)(C(=O)O)CC1. The molecule has 0 unspecified atom stereocenters. The minimum Gasteiger partial charge on any atom is -0.488 e. The molecule has 122 valence electrons. The summed E-state index contributed by atoms with van der Waals surface area (Å²) in [6.07, 6.45) is 1.78. The number of carbonyl (C=O) groups is 2. The summed E-state index contributed by atoms with van der Waals surface area (Å²) < 4.78 is 5.56. The number of hydrogen-bond acceptors (Lipinski definition) is 4. The number of likely N-dealkylation sites (tertiary alicyclic amines) is 1. The Morgan fingerprint density at radius 2 is 1.96 bits per heavy atom. The van der Waals surface area contributed by atoms with Gasteiger partial charge >= 0.3 is 5.97 Å². The average Bonchev–Trinajstić information content (AvgIpc) is 2.54. The van der Waals surface area contributed by atoms with Crippen LogP contribution in [0.1, 0.15) is 18.4 Å². The summed E-state index contributed by atoms with van der Waals surface area (Å²) in [5.41, 5.74) is -0.513. The molecule has 2 aliphatic heterocycles. The molecule has 7 heteroatoms. The van der Waals surface area contributed by atoms with E-state index in [0.717, 1.165) is 5.56 Å². The first-order valence-corrected chi connectivity index (χ1v) is 7.65. The molecule has 0 bridgehead atoms. The van der Waals surface area contributed by atoms with Gasteiger partial charge in [-0.15, -0.1) is 0 Å². The van der Waals surface area contributed by atoms with Crippen LogP contribution in [0, 0.1) is 0 Å². The minimum absolute atomic E-state index is 0.0185. The average molecular weight is 338 g/mol. The lowest BCUT2D eigenvalue weighted by Gasteiger charge is -2.36. The molecule has 6 nitrogen and oxygen atoms in total. The van der Waals surface area contributed by atoms with E-state index in [1.165, 1.54) is 0 Å². The minimum atomic E-state index is -1.74. The lowest BCUT2D eigenvalue weighted by atomic mass is 9.91. The van der Waals surface area contributed by atoms with Crippen molar-refractivity contribution < 1.29 is 24.5 Å². The first kappa shape index (κ1) is 15.8. The standard InChI is InChI=1S/C16H16ClNO5/c17-12-1-2-13-10(8-12)7-11(9-23-13)14(19)18-5-3-16(22,4-6-18)15(20)21/h1-2,7-8,22H,3-6,9H2,(H,20,21). The summed E-state index contributed by atoms with van der Waals surface area (Å²) in [6.45, 7) is 0.552. The second kappa shape index (κ2) is 5.86. The molecule has 1 aromatic carbocycles. The molecule has 1 aromatic rings. The van der Waals surface area contributed by atoms with E-state index in [0.29, 0.717) is 16.3 Å². The Morgan fingerprint density at radius 3 is 2.61 bits per heavy atom. The summed E-state index contributed by atoms with van der Waals surface area (Å²) in [4.78, 5) is 25.1. The monoisotopic (exact) mass is 337 g/mol. The zero-order valence-electron chi connectivity index (χ0n) is 12.3. The lowest BCUT2D eigenvalue weighted by Crippen LogP contribution is -2.51. The first-order valence-electron chi connectivity index (χ1n) is 7.27. The molecule has 1 amide bonds. The van der Waals surface area contributed by atoms with E-state index in [1.54, 1.807) is 29.2 Å². The van der Waals surface area contributed by atoms with Crippen molar-refractivity contribution in [2.75, 3.05) is 19.7 Å². The number of amides is 1. The Morgan fingerprint density at radius 1 is 1.26 bits per heavy atom. The molecule has 2 aliphatic rings. The summed E-state index contributed by atoms with van der Waals surface area (Å²) in [5.74, 6) is -0.777. The molecule has 0 spiro atoms. The molecule has 0 radical (unpaired) electrons. The molecular weight excluding hydrogens is 322 g/mol. The highest BCUT2D eigenvalue weighted by Crippen LogP contribution is 2.30. The predicted octanol–water partition coefficient (Wildman–Crippen LogP) is 1.55. The van der Waals surface area contributed by atoms with Crippen LogP contribution in [0.3, 0.4) is 0 Å². The van der Waals surface area contributed by atoms with E-state index in [1.807, 2.05) is 0 Å². The largest absolute Gasteiger partial charge is 0.488 e. The van der Waals surface area contributed by atoms with Gasteiger partial charge in [-0.05, 0) is 24.3 Å². The van der Waals surface area contributed by atoms with Gasteiger partial charge in [0.05, 0.1) is 5.57 Å². The fourth-order valence-electron chi connectivity index (χ4n) is 2.77. The molecule has 0 aliphatic carbocycles. The molecule has 1 saturated heterocycles. The van der Waals surface area contributed by atoms with Gasteiger partial charge < -0.3 is 19.8 Å². The van der Waals surface area contributed by atoms with Crippen molar-refractivity contribution in [3.8, 4) is 5.75 Å². The molecule has 0 aromatic heterocycles. The highest BCUT2D eigenvalue weighted by molar-refractivity contribution is 6.30. The van der Waals surface area contributed by atoms with Gasteiger partial charge in [0.25, 0.3) is 5.91 Å². The van der Waals surface area contributed by atoms with Crippen molar-refractivity contribution in [2.45, 2.75) is 18.4 Å². The van der Waals surface area contributed by atoms with Gasteiger partial charge in [0, 0.05) is 36.5 Å². The number of carboxylic acid groups (broad SMARTS) is 1. The topological polar surface area (TPSA) is 87.1 Å². The van der Waals surface area contributed by atoms with Crippen LogP contribution < -0.4 is 4.74 Å². The number of carboxylic acids is 1. The van der Waals surface area contributed by atoms with Crippen LogP contribution >= 0.6 is 11.6 Å². The third kappa shape index (κ3) is 3.04. The van der Waals surface area contributed by atoms with Crippen molar-refractivity contribution in [1.29, 1.82) is 0 Å². The van der Waals surface area contributed by atoms with E-state index in [-0.39, 0.29) is 38.4 Å². The number of benzene rings is 1. The van der Waals surface area contributed by atoms with Crippen LogP contribution in [-0.4, -0.2) is 52.3 Å². The zero-order chi connectivity index (χ0) is 16.6. The number of fused-ring (bicyclic) bond motifs is 1. The molecular formula is C16H16ClNO5. The van der Waals surface area contributed by atoms with Crippen molar-refractivity contribution in [1.82, 2.24) is 4.90 Å². The Balaban J connectivity index is 1.74. The molecule has 3 rings (SSSR count). The number of piperidine rings is 1. The van der Waals surface area contributed by atoms with Crippen molar-refractivity contribution in [3.05, 3.63) is 34.4 Å².